The summed E-state index contributed by atoms with van der Waals surface area (Å²) in [6.45, 7) is 4.47. The van der Waals surface area contributed by atoms with E-state index in [1.807, 2.05) is 0 Å². The van der Waals surface area contributed by atoms with Crippen molar-refractivity contribution < 1.29 is 9.90 Å². The molecule has 1 aliphatic rings. The molecule has 1 saturated carbocycles. The quantitative estimate of drug-likeness (QED) is 0.852. The highest BCUT2D eigenvalue weighted by molar-refractivity contribution is 7.14. The standard InChI is InChI=1S/C11H16N2O2S/c1-6-3-4-8(7(6)2)13-10-9(11(14)15)12-5-16-10/h5-8,13H,3-4H2,1-2H3,(H,14,15). The van der Waals surface area contributed by atoms with Gasteiger partial charge in [0.05, 0.1) is 5.51 Å². The molecule has 5 heteroatoms. The predicted octanol–water partition coefficient (Wildman–Crippen LogP) is 2.69. The number of hydrogen-bond donors (Lipinski definition) is 2. The number of thiazole rings is 1. The molecule has 2 N–H and O–H groups in total. The normalized spacial score (nSPS) is 29.2. The third-order valence-corrected chi connectivity index (χ3v) is 4.31. The smallest absolute Gasteiger partial charge is 0.357 e. The molecule has 88 valence electrons. The van der Waals surface area contributed by atoms with Crippen LogP contribution < -0.4 is 5.32 Å². The van der Waals surface area contributed by atoms with Crippen molar-refractivity contribution in [2.24, 2.45) is 11.8 Å². The van der Waals surface area contributed by atoms with E-state index in [9.17, 15) is 4.79 Å². The van der Waals surface area contributed by atoms with Gasteiger partial charge >= 0.3 is 5.97 Å². The van der Waals surface area contributed by atoms with Gasteiger partial charge < -0.3 is 10.4 Å². The molecule has 3 atom stereocenters. The minimum Gasteiger partial charge on any atom is -0.476 e. The van der Waals surface area contributed by atoms with Gasteiger partial charge in [-0.05, 0) is 24.7 Å². The number of nitrogens with one attached hydrogen (secondary N) is 1. The van der Waals surface area contributed by atoms with Crippen LogP contribution in [0.5, 0.6) is 0 Å². The average Bonchev–Trinajstić information content (AvgIpc) is 2.80. The van der Waals surface area contributed by atoms with Gasteiger partial charge in [-0.1, -0.05) is 13.8 Å². The maximum atomic E-state index is 10.9. The van der Waals surface area contributed by atoms with Gasteiger partial charge in [0, 0.05) is 6.04 Å². The van der Waals surface area contributed by atoms with E-state index < -0.39 is 5.97 Å². The fraction of sp³-hybridized carbons (Fsp3) is 0.636. The monoisotopic (exact) mass is 240 g/mol. The van der Waals surface area contributed by atoms with Crippen molar-refractivity contribution in [1.29, 1.82) is 0 Å². The summed E-state index contributed by atoms with van der Waals surface area (Å²) in [5, 5.41) is 13.0. The van der Waals surface area contributed by atoms with Crippen molar-refractivity contribution in [1.82, 2.24) is 4.98 Å². The molecule has 0 spiro atoms. The van der Waals surface area contributed by atoms with Gasteiger partial charge in [-0.25, -0.2) is 9.78 Å². The van der Waals surface area contributed by atoms with Crippen LogP contribution in [-0.4, -0.2) is 22.1 Å². The largest absolute Gasteiger partial charge is 0.476 e. The zero-order valence-corrected chi connectivity index (χ0v) is 10.3. The number of aromatic nitrogens is 1. The number of carboxylic acids is 1. The van der Waals surface area contributed by atoms with Crippen LogP contribution >= 0.6 is 11.3 Å². The minimum atomic E-state index is -0.956. The lowest BCUT2D eigenvalue weighted by atomic mass is 9.98. The highest BCUT2D eigenvalue weighted by Crippen LogP contribution is 2.34. The first-order valence-corrected chi connectivity index (χ1v) is 6.41. The molecular formula is C11H16N2O2S. The summed E-state index contributed by atoms with van der Waals surface area (Å²) in [4.78, 5) is 14.8. The Hall–Kier alpha value is -1.10. The molecule has 1 fully saturated rings. The summed E-state index contributed by atoms with van der Waals surface area (Å²) in [7, 11) is 0. The van der Waals surface area contributed by atoms with Crippen molar-refractivity contribution in [3.8, 4) is 0 Å². The third kappa shape index (κ3) is 2.04. The fourth-order valence-electron chi connectivity index (χ4n) is 2.24. The van der Waals surface area contributed by atoms with Crippen LogP contribution in [0.15, 0.2) is 5.51 Å². The molecule has 0 aliphatic heterocycles. The number of carboxylic acid groups (broad SMARTS) is 1. The molecule has 3 unspecified atom stereocenters. The second-order valence-electron chi connectivity index (χ2n) is 4.50. The second kappa shape index (κ2) is 4.41. The first-order valence-electron chi connectivity index (χ1n) is 5.53. The van der Waals surface area contributed by atoms with Crippen LogP contribution in [0.25, 0.3) is 0 Å². The molecule has 0 radical (unpaired) electrons. The first-order chi connectivity index (χ1) is 7.59. The predicted molar refractivity (Wildman–Crippen MR) is 64.0 cm³/mol. The SMILES string of the molecule is CC1CCC(Nc2scnc2C(=O)O)C1C. The van der Waals surface area contributed by atoms with E-state index in [1.165, 1.54) is 17.8 Å². The average molecular weight is 240 g/mol. The fourth-order valence-corrected chi connectivity index (χ4v) is 2.97. The van der Waals surface area contributed by atoms with E-state index in [1.54, 1.807) is 5.51 Å². The van der Waals surface area contributed by atoms with Crippen molar-refractivity contribution in [2.75, 3.05) is 5.32 Å². The lowest BCUT2D eigenvalue weighted by Gasteiger charge is -2.19. The van der Waals surface area contributed by atoms with E-state index in [-0.39, 0.29) is 5.69 Å². The molecule has 0 aromatic carbocycles. The zero-order valence-electron chi connectivity index (χ0n) is 9.43. The molecule has 1 heterocycles. The van der Waals surface area contributed by atoms with Gasteiger partial charge in [0.1, 0.15) is 5.00 Å². The highest BCUT2D eigenvalue weighted by atomic mass is 32.1. The minimum absolute atomic E-state index is 0.150. The molecule has 1 aromatic heterocycles. The second-order valence-corrected chi connectivity index (χ2v) is 5.35. The Morgan fingerprint density at radius 2 is 2.31 bits per heavy atom. The molecule has 0 saturated heterocycles. The van der Waals surface area contributed by atoms with Crippen LogP contribution in [0.3, 0.4) is 0 Å². The number of nitrogens with zero attached hydrogens (tertiary/aromatic N) is 1. The summed E-state index contributed by atoms with van der Waals surface area (Å²) < 4.78 is 0. The van der Waals surface area contributed by atoms with E-state index in [2.05, 4.69) is 24.1 Å². The molecule has 0 amide bonds. The van der Waals surface area contributed by atoms with E-state index in [0.717, 1.165) is 6.42 Å². The van der Waals surface area contributed by atoms with Gasteiger partial charge in [0.25, 0.3) is 0 Å². The third-order valence-electron chi connectivity index (χ3n) is 3.55. The Labute approximate surface area is 98.7 Å². The van der Waals surface area contributed by atoms with E-state index >= 15 is 0 Å². The van der Waals surface area contributed by atoms with Crippen molar-refractivity contribution in [3.63, 3.8) is 0 Å². The van der Waals surface area contributed by atoms with Gasteiger partial charge in [0.2, 0.25) is 0 Å². The van der Waals surface area contributed by atoms with Gasteiger partial charge in [-0.3, -0.25) is 0 Å². The topological polar surface area (TPSA) is 62.2 Å². The maximum Gasteiger partial charge on any atom is 0.357 e. The number of anilines is 1. The molecular weight excluding hydrogens is 224 g/mol. The van der Waals surface area contributed by atoms with E-state index in [0.29, 0.717) is 22.9 Å². The summed E-state index contributed by atoms with van der Waals surface area (Å²) in [5.41, 5.74) is 1.73. The Kier molecular flexibility index (Phi) is 3.14. The Bertz CT molecular complexity index is 391. The van der Waals surface area contributed by atoms with E-state index in [4.69, 9.17) is 5.11 Å². The van der Waals surface area contributed by atoms with Crippen molar-refractivity contribution >= 4 is 22.3 Å². The molecule has 4 nitrogen and oxygen atoms in total. The molecule has 1 aliphatic carbocycles. The van der Waals surface area contributed by atoms with Crippen molar-refractivity contribution in [3.05, 3.63) is 11.2 Å². The summed E-state index contributed by atoms with van der Waals surface area (Å²) >= 11 is 1.36. The van der Waals surface area contributed by atoms with Crippen LogP contribution in [0.2, 0.25) is 0 Å². The molecule has 16 heavy (non-hydrogen) atoms. The van der Waals surface area contributed by atoms with Crippen molar-refractivity contribution in [2.45, 2.75) is 32.7 Å². The number of aromatic carboxylic acids is 1. The molecule has 1 aromatic rings. The summed E-state index contributed by atoms with van der Waals surface area (Å²) in [6, 6.07) is 0.383. The number of carbonyl (C=O) groups is 1. The number of hydrogen-bond acceptors (Lipinski definition) is 4. The van der Waals surface area contributed by atoms with Crippen LogP contribution in [0.1, 0.15) is 37.2 Å². The lowest BCUT2D eigenvalue weighted by molar-refractivity contribution is 0.0692. The lowest BCUT2D eigenvalue weighted by Crippen LogP contribution is -2.24. The van der Waals surface area contributed by atoms with Crippen LogP contribution in [-0.2, 0) is 0 Å². The van der Waals surface area contributed by atoms with Gasteiger partial charge in [-0.2, -0.15) is 0 Å². The number of rotatable bonds is 3. The Balaban J connectivity index is 2.09. The van der Waals surface area contributed by atoms with Gasteiger partial charge in [-0.15, -0.1) is 11.3 Å². The summed E-state index contributed by atoms with van der Waals surface area (Å²) in [6.07, 6.45) is 2.32. The van der Waals surface area contributed by atoms with Crippen LogP contribution in [0, 0.1) is 11.8 Å². The molecule has 0 bridgehead atoms. The van der Waals surface area contributed by atoms with Gasteiger partial charge in [0.15, 0.2) is 5.69 Å². The Morgan fingerprint density at radius 1 is 1.56 bits per heavy atom. The Morgan fingerprint density at radius 3 is 2.88 bits per heavy atom. The summed E-state index contributed by atoms with van der Waals surface area (Å²) in [5.74, 6) is 0.338. The van der Waals surface area contributed by atoms with Crippen LogP contribution in [0.4, 0.5) is 5.00 Å². The molecule has 2 rings (SSSR count). The zero-order chi connectivity index (χ0) is 11.7. The maximum absolute atomic E-state index is 10.9. The first kappa shape index (κ1) is 11.4. The highest BCUT2D eigenvalue weighted by Gasteiger charge is 2.30.